The van der Waals surface area contributed by atoms with E-state index in [1.165, 1.54) is 48.5 Å². The summed E-state index contributed by atoms with van der Waals surface area (Å²) in [5.41, 5.74) is 1.48. The van der Waals surface area contributed by atoms with Crippen molar-refractivity contribution in [1.29, 1.82) is 0 Å². The smallest absolute Gasteiger partial charge is 0.196 e. The van der Waals surface area contributed by atoms with Crippen LogP contribution >= 0.6 is 0 Å². The standard InChI is InChI=1S/C26H16F2O3/c27-20-11-5-17(6-12-20)25(29)18-9-15-22(16-10-18)31-24-4-2-1-3-23(24)26(30)19-7-13-21(28)14-8-19/h1-16H. The number of rotatable bonds is 6. The molecular formula is C26H16F2O3. The van der Waals surface area contributed by atoms with Gasteiger partial charge in [0.25, 0.3) is 0 Å². The third-order valence-corrected chi connectivity index (χ3v) is 4.69. The lowest BCUT2D eigenvalue weighted by Crippen LogP contribution is -2.04. The van der Waals surface area contributed by atoms with Crippen molar-refractivity contribution in [3.8, 4) is 11.5 Å². The Bertz CT molecular complexity index is 1230. The first-order chi connectivity index (χ1) is 15.0. The first-order valence-corrected chi connectivity index (χ1v) is 9.49. The molecule has 0 unspecified atom stereocenters. The molecule has 0 N–H and O–H groups in total. The van der Waals surface area contributed by atoms with Gasteiger partial charge in [-0.05, 0) is 84.9 Å². The van der Waals surface area contributed by atoms with Gasteiger partial charge < -0.3 is 4.74 Å². The molecule has 0 amide bonds. The zero-order chi connectivity index (χ0) is 21.8. The number of ketones is 2. The Morgan fingerprint density at radius 2 is 1.00 bits per heavy atom. The molecule has 0 bridgehead atoms. The SMILES string of the molecule is O=C(c1ccc(F)cc1)c1ccc(Oc2ccccc2C(=O)c2ccc(F)cc2)cc1. The van der Waals surface area contributed by atoms with E-state index in [4.69, 9.17) is 4.74 Å². The second-order valence-corrected chi connectivity index (χ2v) is 6.79. The van der Waals surface area contributed by atoms with E-state index >= 15 is 0 Å². The summed E-state index contributed by atoms with van der Waals surface area (Å²) in [6.07, 6.45) is 0. The zero-order valence-electron chi connectivity index (χ0n) is 16.2. The fourth-order valence-electron chi connectivity index (χ4n) is 3.07. The van der Waals surface area contributed by atoms with E-state index in [0.29, 0.717) is 33.8 Å². The van der Waals surface area contributed by atoms with Crippen LogP contribution in [0.4, 0.5) is 8.78 Å². The molecule has 4 aromatic carbocycles. The second-order valence-electron chi connectivity index (χ2n) is 6.79. The minimum Gasteiger partial charge on any atom is -0.457 e. The molecule has 4 aromatic rings. The van der Waals surface area contributed by atoms with Crippen molar-refractivity contribution in [2.24, 2.45) is 0 Å². The maximum Gasteiger partial charge on any atom is 0.196 e. The molecular weight excluding hydrogens is 398 g/mol. The molecule has 0 saturated heterocycles. The molecule has 152 valence electrons. The van der Waals surface area contributed by atoms with E-state index in [-0.39, 0.29) is 11.6 Å². The van der Waals surface area contributed by atoms with Gasteiger partial charge in [0.15, 0.2) is 11.6 Å². The van der Waals surface area contributed by atoms with E-state index in [9.17, 15) is 18.4 Å². The summed E-state index contributed by atoms with van der Waals surface area (Å²) in [5.74, 6) is -0.577. The van der Waals surface area contributed by atoms with Gasteiger partial charge >= 0.3 is 0 Å². The predicted octanol–water partition coefficient (Wildman–Crippen LogP) is 6.22. The summed E-state index contributed by atoms with van der Waals surface area (Å²) >= 11 is 0. The molecule has 0 fully saturated rings. The van der Waals surface area contributed by atoms with Gasteiger partial charge in [-0.2, -0.15) is 0 Å². The number of halogens is 2. The molecule has 5 heteroatoms. The third kappa shape index (κ3) is 4.56. The Hall–Kier alpha value is -4.12. The van der Waals surface area contributed by atoms with Gasteiger partial charge in [-0.1, -0.05) is 12.1 Å². The van der Waals surface area contributed by atoms with Crippen molar-refractivity contribution in [3.63, 3.8) is 0 Å². The average molecular weight is 414 g/mol. The highest BCUT2D eigenvalue weighted by molar-refractivity contribution is 6.11. The summed E-state index contributed by atoms with van der Waals surface area (Å²) in [4.78, 5) is 25.3. The molecule has 0 radical (unpaired) electrons. The summed E-state index contributed by atoms with van der Waals surface area (Å²) in [6, 6.07) is 23.8. The molecule has 0 aliphatic rings. The van der Waals surface area contributed by atoms with Crippen LogP contribution in [0, 0.1) is 11.6 Å². The van der Waals surface area contributed by atoms with Crippen LogP contribution in [-0.2, 0) is 0 Å². The van der Waals surface area contributed by atoms with Gasteiger partial charge in [-0.15, -0.1) is 0 Å². The molecule has 0 saturated carbocycles. The topological polar surface area (TPSA) is 43.4 Å². The van der Waals surface area contributed by atoms with Crippen molar-refractivity contribution in [2.75, 3.05) is 0 Å². The minimum absolute atomic E-state index is 0.238. The van der Waals surface area contributed by atoms with Gasteiger partial charge in [-0.25, -0.2) is 8.78 Å². The molecule has 0 spiro atoms. The van der Waals surface area contributed by atoms with Crippen LogP contribution in [0.15, 0.2) is 97.1 Å². The number of ether oxygens (including phenoxy) is 1. The Morgan fingerprint density at radius 3 is 1.55 bits per heavy atom. The van der Waals surface area contributed by atoms with E-state index < -0.39 is 11.6 Å². The molecule has 4 rings (SSSR count). The number of carbonyl (C=O) groups is 2. The lowest BCUT2D eigenvalue weighted by Gasteiger charge is -2.11. The van der Waals surface area contributed by atoms with Crippen LogP contribution in [0.2, 0.25) is 0 Å². The molecule has 0 aliphatic heterocycles. The largest absolute Gasteiger partial charge is 0.457 e. The second kappa shape index (κ2) is 8.71. The van der Waals surface area contributed by atoms with Gasteiger partial charge in [0.2, 0.25) is 0 Å². The van der Waals surface area contributed by atoms with E-state index in [0.717, 1.165) is 0 Å². The summed E-state index contributed by atoms with van der Waals surface area (Å²) < 4.78 is 32.1. The summed E-state index contributed by atoms with van der Waals surface area (Å²) in [7, 11) is 0. The van der Waals surface area contributed by atoms with E-state index in [1.54, 1.807) is 48.5 Å². The number of hydrogen-bond donors (Lipinski definition) is 0. The summed E-state index contributed by atoms with van der Waals surface area (Å²) in [5, 5.41) is 0. The lowest BCUT2D eigenvalue weighted by molar-refractivity contribution is 0.103. The van der Waals surface area contributed by atoms with Gasteiger partial charge in [0.05, 0.1) is 5.56 Å². The third-order valence-electron chi connectivity index (χ3n) is 4.69. The van der Waals surface area contributed by atoms with Gasteiger partial charge in [0, 0.05) is 16.7 Å². The van der Waals surface area contributed by atoms with E-state index in [2.05, 4.69) is 0 Å². The Labute approximate surface area is 177 Å². The van der Waals surface area contributed by atoms with Gasteiger partial charge in [0.1, 0.15) is 23.1 Å². The fraction of sp³-hybridized carbons (Fsp3) is 0. The van der Waals surface area contributed by atoms with Crippen molar-refractivity contribution < 1.29 is 23.1 Å². The highest BCUT2D eigenvalue weighted by Crippen LogP contribution is 2.28. The quantitative estimate of drug-likeness (QED) is 0.352. The Morgan fingerprint density at radius 1 is 0.548 bits per heavy atom. The molecule has 0 atom stereocenters. The molecule has 3 nitrogen and oxygen atoms in total. The molecule has 0 aliphatic carbocycles. The van der Waals surface area contributed by atoms with Crippen molar-refractivity contribution in [1.82, 2.24) is 0 Å². The minimum atomic E-state index is -0.420. The van der Waals surface area contributed by atoms with Crippen LogP contribution in [0.5, 0.6) is 11.5 Å². The summed E-state index contributed by atoms with van der Waals surface area (Å²) in [6.45, 7) is 0. The van der Waals surface area contributed by atoms with Crippen LogP contribution in [0.1, 0.15) is 31.8 Å². The van der Waals surface area contributed by atoms with Crippen LogP contribution in [0.25, 0.3) is 0 Å². The highest BCUT2D eigenvalue weighted by Gasteiger charge is 2.15. The average Bonchev–Trinajstić information content (AvgIpc) is 2.80. The maximum absolute atomic E-state index is 13.2. The van der Waals surface area contributed by atoms with Crippen LogP contribution in [-0.4, -0.2) is 11.6 Å². The zero-order valence-corrected chi connectivity index (χ0v) is 16.2. The number of benzene rings is 4. The highest BCUT2D eigenvalue weighted by atomic mass is 19.1. The first-order valence-electron chi connectivity index (χ1n) is 9.49. The van der Waals surface area contributed by atoms with E-state index in [1.807, 2.05) is 0 Å². The number of carbonyl (C=O) groups excluding carboxylic acids is 2. The molecule has 31 heavy (non-hydrogen) atoms. The normalized spacial score (nSPS) is 10.5. The number of para-hydroxylation sites is 1. The lowest BCUT2D eigenvalue weighted by atomic mass is 10.0. The van der Waals surface area contributed by atoms with Gasteiger partial charge in [-0.3, -0.25) is 9.59 Å². The molecule has 0 heterocycles. The monoisotopic (exact) mass is 414 g/mol. The predicted molar refractivity (Wildman–Crippen MR) is 113 cm³/mol. The molecule has 0 aromatic heterocycles. The van der Waals surface area contributed by atoms with Crippen molar-refractivity contribution in [3.05, 3.63) is 131 Å². The Kier molecular flexibility index (Phi) is 5.67. The number of hydrogen-bond acceptors (Lipinski definition) is 3. The first kappa shape index (κ1) is 20.2. The van der Waals surface area contributed by atoms with Crippen LogP contribution in [0.3, 0.4) is 0 Å². The van der Waals surface area contributed by atoms with Crippen LogP contribution < -0.4 is 4.74 Å². The maximum atomic E-state index is 13.2. The van der Waals surface area contributed by atoms with Crippen molar-refractivity contribution >= 4 is 11.6 Å². The fourth-order valence-corrected chi connectivity index (χ4v) is 3.07. The van der Waals surface area contributed by atoms with Crippen molar-refractivity contribution in [2.45, 2.75) is 0 Å². The Balaban J connectivity index is 1.55.